The van der Waals surface area contributed by atoms with Crippen molar-refractivity contribution in [1.82, 2.24) is 19.7 Å². The Hall–Kier alpha value is -1.59. The zero-order chi connectivity index (χ0) is 16.6. The molecular formula is C17H29N5O. The number of aromatic nitrogens is 3. The predicted octanol–water partition coefficient (Wildman–Crippen LogP) is 2.12. The quantitative estimate of drug-likeness (QED) is 0.853. The summed E-state index contributed by atoms with van der Waals surface area (Å²) in [5, 5.41) is 8.97. The predicted molar refractivity (Wildman–Crippen MR) is 90.5 cm³/mol. The Morgan fingerprint density at radius 3 is 2.35 bits per heavy atom. The highest BCUT2D eigenvalue weighted by Crippen LogP contribution is 2.37. The van der Waals surface area contributed by atoms with E-state index in [2.05, 4.69) is 33.5 Å². The van der Waals surface area contributed by atoms with E-state index in [1.165, 1.54) is 25.7 Å². The van der Waals surface area contributed by atoms with Crippen molar-refractivity contribution in [3.63, 3.8) is 0 Å². The van der Waals surface area contributed by atoms with Gasteiger partial charge in [0.2, 0.25) is 11.9 Å². The zero-order valence-corrected chi connectivity index (χ0v) is 14.8. The van der Waals surface area contributed by atoms with E-state index in [-0.39, 0.29) is 5.91 Å². The summed E-state index contributed by atoms with van der Waals surface area (Å²) in [6.07, 6.45) is 4.85. The van der Waals surface area contributed by atoms with Gasteiger partial charge in [0.1, 0.15) is 12.4 Å². The molecule has 2 unspecified atom stereocenters. The second kappa shape index (κ2) is 6.49. The molecule has 2 atom stereocenters. The van der Waals surface area contributed by atoms with Gasteiger partial charge in [-0.2, -0.15) is 0 Å². The Morgan fingerprint density at radius 1 is 1.17 bits per heavy atom. The van der Waals surface area contributed by atoms with Crippen LogP contribution < -0.4 is 4.90 Å². The SMILES string of the molecule is CC1CC(C)CN(c2nnc(C3CCC3)n2CC(=O)N(C)C)C1. The number of carbonyl (C=O) groups excluding carboxylic acids is 1. The minimum Gasteiger partial charge on any atom is -0.347 e. The van der Waals surface area contributed by atoms with Crippen molar-refractivity contribution in [3.05, 3.63) is 5.82 Å². The van der Waals surface area contributed by atoms with Crippen LogP contribution in [0.4, 0.5) is 5.95 Å². The lowest BCUT2D eigenvalue weighted by Crippen LogP contribution is -2.41. The number of amides is 1. The number of anilines is 1. The van der Waals surface area contributed by atoms with Crippen LogP contribution in [0, 0.1) is 11.8 Å². The van der Waals surface area contributed by atoms with E-state index < -0.39 is 0 Å². The van der Waals surface area contributed by atoms with Crippen molar-refractivity contribution >= 4 is 11.9 Å². The third-order valence-corrected chi connectivity index (χ3v) is 5.17. The smallest absolute Gasteiger partial charge is 0.242 e. The van der Waals surface area contributed by atoms with Crippen LogP contribution in [0.15, 0.2) is 0 Å². The monoisotopic (exact) mass is 319 g/mol. The number of piperidine rings is 1. The van der Waals surface area contributed by atoms with Gasteiger partial charge in [-0.1, -0.05) is 20.3 Å². The molecular weight excluding hydrogens is 290 g/mol. The van der Waals surface area contributed by atoms with Gasteiger partial charge >= 0.3 is 0 Å². The van der Waals surface area contributed by atoms with E-state index in [1.807, 2.05) is 0 Å². The second-order valence-corrected chi connectivity index (χ2v) is 7.71. The molecule has 1 saturated carbocycles. The fourth-order valence-corrected chi connectivity index (χ4v) is 3.76. The standard InChI is InChI=1S/C17H29N5O/c1-12-8-13(2)10-21(9-12)17-19-18-16(14-6-5-7-14)22(17)11-15(23)20(3)4/h12-14H,5-11H2,1-4H3. The first-order chi connectivity index (χ1) is 11.0. The number of carbonyl (C=O) groups is 1. The molecule has 0 aromatic carbocycles. The molecule has 1 saturated heterocycles. The normalized spacial score (nSPS) is 25.3. The van der Waals surface area contributed by atoms with Gasteiger partial charge in [0, 0.05) is 33.1 Å². The minimum atomic E-state index is 0.102. The second-order valence-electron chi connectivity index (χ2n) is 7.71. The molecule has 1 aliphatic carbocycles. The third kappa shape index (κ3) is 3.35. The Morgan fingerprint density at radius 2 is 1.83 bits per heavy atom. The van der Waals surface area contributed by atoms with Crippen LogP contribution in [0.5, 0.6) is 0 Å². The topological polar surface area (TPSA) is 54.3 Å². The lowest BCUT2D eigenvalue weighted by Gasteiger charge is -2.36. The van der Waals surface area contributed by atoms with E-state index in [0.29, 0.717) is 24.3 Å². The fraction of sp³-hybridized carbons (Fsp3) is 0.824. The molecule has 6 heteroatoms. The molecule has 2 fully saturated rings. The summed E-state index contributed by atoms with van der Waals surface area (Å²) in [7, 11) is 3.61. The Labute approximate surface area is 138 Å². The van der Waals surface area contributed by atoms with Crippen LogP contribution >= 0.6 is 0 Å². The summed E-state index contributed by atoms with van der Waals surface area (Å²) in [5.74, 6) is 3.78. The summed E-state index contributed by atoms with van der Waals surface area (Å²) in [6.45, 7) is 6.94. The van der Waals surface area contributed by atoms with Crippen molar-refractivity contribution in [1.29, 1.82) is 0 Å². The van der Waals surface area contributed by atoms with Crippen molar-refractivity contribution < 1.29 is 4.79 Å². The Balaban J connectivity index is 1.89. The highest BCUT2D eigenvalue weighted by atomic mass is 16.2. The van der Waals surface area contributed by atoms with Gasteiger partial charge in [0.05, 0.1) is 0 Å². The summed E-state index contributed by atoms with van der Waals surface area (Å²) < 4.78 is 2.08. The first-order valence-corrected chi connectivity index (χ1v) is 8.84. The van der Waals surface area contributed by atoms with Crippen molar-refractivity contribution in [2.45, 2.75) is 52.0 Å². The van der Waals surface area contributed by atoms with Crippen LogP contribution in [0.1, 0.15) is 51.3 Å². The van der Waals surface area contributed by atoms with Crippen molar-refractivity contribution in [2.75, 3.05) is 32.1 Å². The van der Waals surface area contributed by atoms with Crippen LogP contribution in [-0.2, 0) is 11.3 Å². The van der Waals surface area contributed by atoms with E-state index in [9.17, 15) is 4.79 Å². The van der Waals surface area contributed by atoms with Gasteiger partial charge in [-0.25, -0.2) is 0 Å². The fourth-order valence-electron chi connectivity index (χ4n) is 3.76. The number of likely N-dealkylation sites (N-methyl/N-ethyl adjacent to an activating group) is 1. The molecule has 0 bridgehead atoms. The average molecular weight is 319 g/mol. The molecule has 6 nitrogen and oxygen atoms in total. The first-order valence-electron chi connectivity index (χ1n) is 8.84. The molecule has 1 aromatic heterocycles. The maximum Gasteiger partial charge on any atom is 0.242 e. The molecule has 128 valence electrons. The highest BCUT2D eigenvalue weighted by molar-refractivity contribution is 5.75. The largest absolute Gasteiger partial charge is 0.347 e. The zero-order valence-electron chi connectivity index (χ0n) is 14.8. The lowest BCUT2D eigenvalue weighted by atomic mass is 9.85. The molecule has 0 radical (unpaired) electrons. The highest BCUT2D eigenvalue weighted by Gasteiger charge is 2.31. The van der Waals surface area contributed by atoms with E-state index in [0.717, 1.165) is 24.9 Å². The third-order valence-electron chi connectivity index (χ3n) is 5.17. The van der Waals surface area contributed by atoms with Gasteiger partial charge in [-0.15, -0.1) is 10.2 Å². The van der Waals surface area contributed by atoms with E-state index in [4.69, 9.17) is 0 Å². The van der Waals surface area contributed by atoms with Crippen LogP contribution in [-0.4, -0.2) is 52.8 Å². The Kier molecular flexibility index (Phi) is 4.60. The number of hydrogen-bond donors (Lipinski definition) is 0. The maximum absolute atomic E-state index is 12.3. The number of nitrogens with zero attached hydrogens (tertiary/aromatic N) is 5. The van der Waals surface area contributed by atoms with Crippen molar-refractivity contribution in [2.24, 2.45) is 11.8 Å². The van der Waals surface area contributed by atoms with Crippen LogP contribution in [0.3, 0.4) is 0 Å². The maximum atomic E-state index is 12.3. The molecule has 1 aromatic rings. The van der Waals surface area contributed by atoms with E-state index in [1.54, 1.807) is 19.0 Å². The average Bonchev–Trinajstić information content (AvgIpc) is 2.79. The summed E-state index contributed by atoms with van der Waals surface area (Å²) >= 11 is 0. The van der Waals surface area contributed by atoms with Gasteiger partial charge in [0.15, 0.2) is 0 Å². The molecule has 2 heterocycles. The summed E-state index contributed by atoms with van der Waals surface area (Å²) in [5.41, 5.74) is 0. The minimum absolute atomic E-state index is 0.102. The van der Waals surface area contributed by atoms with Crippen molar-refractivity contribution in [3.8, 4) is 0 Å². The van der Waals surface area contributed by atoms with Gasteiger partial charge in [0.25, 0.3) is 0 Å². The lowest BCUT2D eigenvalue weighted by molar-refractivity contribution is -0.129. The van der Waals surface area contributed by atoms with Gasteiger partial charge in [-0.3, -0.25) is 9.36 Å². The first kappa shape index (κ1) is 16.3. The molecule has 0 spiro atoms. The van der Waals surface area contributed by atoms with Gasteiger partial charge in [-0.05, 0) is 31.1 Å². The summed E-state index contributed by atoms with van der Waals surface area (Å²) in [6, 6.07) is 0. The molecule has 1 amide bonds. The van der Waals surface area contributed by atoms with Gasteiger partial charge < -0.3 is 9.80 Å². The van der Waals surface area contributed by atoms with Crippen LogP contribution in [0.2, 0.25) is 0 Å². The molecule has 2 aliphatic rings. The number of rotatable bonds is 4. The number of hydrogen-bond acceptors (Lipinski definition) is 4. The molecule has 23 heavy (non-hydrogen) atoms. The molecule has 3 rings (SSSR count). The molecule has 0 N–H and O–H groups in total. The molecule has 1 aliphatic heterocycles. The Bertz CT molecular complexity index is 553. The van der Waals surface area contributed by atoms with E-state index >= 15 is 0 Å². The summed E-state index contributed by atoms with van der Waals surface area (Å²) in [4.78, 5) is 16.3. The van der Waals surface area contributed by atoms with Crippen LogP contribution in [0.25, 0.3) is 0 Å².